The number of fused-ring (bicyclic) bond motifs is 1. The van der Waals surface area contributed by atoms with E-state index in [9.17, 15) is 14.0 Å². The highest BCUT2D eigenvalue weighted by atomic mass is 19.1. The van der Waals surface area contributed by atoms with Crippen molar-refractivity contribution < 1.29 is 14.0 Å². The number of amides is 2. The van der Waals surface area contributed by atoms with Crippen LogP contribution in [0.1, 0.15) is 52.4 Å². The summed E-state index contributed by atoms with van der Waals surface area (Å²) in [7, 11) is 0. The molecule has 2 heterocycles. The minimum atomic E-state index is -0.621. The molecule has 1 aliphatic heterocycles. The molecule has 30 heavy (non-hydrogen) atoms. The van der Waals surface area contributed by atoms with Crippen molar-refractivity contribution in [2.75, 3.05) is 12.3 Å². The van der Waals surface area contributed by atoms with Crippen molar-refractivity contribution in [1.82, 2.24) is 14.7 Å². The normalized spacial score (nSPS) is 20.8. The van der Waals surface area contributed by atoms with Crippen LogP contribution >= 0.6 is 0 Å². The van der Waals surface area contributed by atoms with Crippen LogP contribution in [0, 0.1) is 5.82 Å². The third-order valence-electron chi connectivity index (χ3n) is 6.27. The van der Waals surface area contributed by atoms with Gasteiger partial charge in [-0.25, -0.2) is 9.07 Å². The number of likely N-dealkylation sites (tertiary alicyclic amines) is 1. The fraction of sp³-hybridized carbons (Fsp3) is 0.409. The number of nitrogen functional groups attached to an aromatic ring is 1. The van der Waals surface area contributed by atoms with Crippen LogP contribution in [0.15, 0.2) is 30.9 Å². The van der Waals surface area contributed by atoms with Crippen molar-refractivity contribution in [3.8, 4) is 0 Å². The molecule has 0 saturated carbocycles. The highest BCUT2D eigenvalue weighted by Gasteiger charge is 2.32. The standard InChI is InChI=1S/C22H26FN5O2/c1-2-18(29)27-9-3-4-17(27)12-28-21(24)19(22(25)30)20(26-28)14-6-5-13-7-8-16(23)11-15(13)10-14/h2,7-8,11,14,17H,1,3-6,9-10,12,24H2,(H2,25,30)/t14?,17-/m0/s1. The monoisotopic (exact) mass is 411 g/mol. The Balaban J connectivity index is 1.64. The van der Waals surface area contributed by atoms with Crippen LogP contribution in [0.2, 0.25) is 0 Å². The molecule has 1 unspecified atom stereocenters. The molecule has 1 aromatic carbocycles. The second-order valence-electron chi connectivity index (χ2n) is 8.08. The summed E-state index contributed by atoms with van der Waals surface area (Å²) in [4.78, 5) is 26.1. The minimum Gasteiger partial charge on any atom is -0.383 e. The SMILES string of the molecule is C=CC(=O)N1CCC[C@H]1Cn1nc(C2CCc3ccc(F)cc3C2)c(C(N)=O)c1N. The van der Waals surface area contributed by atoms with E-state index in [4.69, 9.17) is 11.5 Å². The molecular formula is C22H26FN5O2. The van der Waals surface area contributed by atoms with Crippen LogP contribution in [-0.4, -0.2) is 39.1 Å². The Bertz CT molecular complexity index is 1020. The predicted molar refractivity (Wildman–Crippen MR) is 111 cm³/mol. The number of rotatable bonds is 5. The van der Waals surface area contributed by atoms with Gasteiger partial charge in [0.25, 0.3) is 5.91 Å². The van der Waals surface area contributed by atoms with Gasteiger partial charge in [0.05, 0.1) is 18.3 Å². The van der Waals surface area contributed by atoms with Gasteiger partial charge >= 0.3 is 0 Å². The second-order valence-corrected chi connectivity index (χ2v) is 8.08. The van der Waals surface area contributed by atoms with Gasteiger partial charge in [-0.05, 0) is 61.4 Å². The number of nitrogens with zero attached hydrogens (tertiary/aromatic N) is 3. The smallest absolute Gasteiger partial charge is 0.254 e. The molecule has 158 valence electrons. The highest BCUT2D eigenvalue weighted by Crippen LogP contribution is 2.36. The Morgan fingerprint density at radius 2 is 2.10 bits per heavy atom. The number of carbonyl (C=O) groups is 2. The van der Waals surface area contributed by atoms with Gasteiger partial charge in [0.1, 0.15) is 17.2 Å². The predicted octanol–water partition coefficient (Wildman–Crippen LogP) is 2.15. The summed E-state index contributed by atoms with van der Waals surface area (Å²) in [6.07, 6.45) is 5.16. The zero-order valence-corrected chi connectivity index (χ0v) is 16.8. The quantitative estimate of drug-likeness (QED) is 0.735. The number of carbonyl (C=O) groups excluding carboxylic acids is 2. The highest BCUT2D eigenvalue weighted by molar-refractivity contribution is 5.98. The maximum atomic E-state index is 13.7. The molecule has 1 fully saturated rings. The van der Waals surface area contributed by atoms with Gasteiger partial charge in [0.2, 0.25) is 5.91 Å². The largest absolute Gasteiger partial charge is 0.383 e. The van der Waals surface area contributed by atoms with E-state index in [-0.39, 0.29) is 35.1 Å². The van der Waals surface area contributed by atoms with E-state index in [1.54, 1.807) is 15.6 Å². The number of halogens is 1. The lowest BCUT2D eigenvalue weighted by Gasteiger charge is -2.24. The van der Waals surface area contributed by atoms with Gasteiger partial charge in [0.15, 0.2) is 0 Å². The van der Waals surface area contributed by atoms with Crippen molar-refractivity contribution in [2.45, 2.75) is 50.6 Å². The molecule has 2 aromatic rings. The Labute approximate surface area is 174 Å². The number of hydrogen-bond donors (Lipinski definition) is 2. The number of hydrogen-bond acceptors (Lipinski definition) is 4. The maximum Gasteiger partial charge on any atom is 0.254 e. The first kappa shape index (κ1) is 20.1. The second kappa shape index (κ2) is 7.93. The molecule has 0 spiro atoms. The fourth-order valence-corrected chi connectivity index (χ4v) is 4.76. The van der Waals surface area contributed by atoms with Crippen molar-refractivity contribution in [2.24, 2.45) is 5.73 Å². The van der Waals surface area contributed by atoms with Crippen molar-refractivity contribution in [1.29, 1.82) is 0 Å². The van der Waals surface area contributed by atoms with Crippen LogP contribution in [0.25, 0.3) is 0 Å². The number of nitrogens with two attached hydrogens (primary N) is 2. The van der Waals surface area contributed by atoms with E-state index < -0.39 is 5.91 Å². The van der Waals surface area contributed by atoms with Crippen molar-refractivity contribution >= 4 is 17.6 Å². The summed E-state index contributed by atoms with van der Waals surface area (Å²) in [5.74, 6) is -0.864. The Kier molecular flexibility index (Phi) is 5.32. The van der Waals surface area contributed by atoms with Gasteiger partial charge in [-0.15, -0.1) is 0 Å². The molecule has 4 N–H and O–H groups in total. The lowest BCUT2D eigenvalue weighted by molar-refractivity contribution is -0.127. The lowest BCUT2D eigenvalue weighted by atomic mass is 9.81. The molecule has 0 bridgehead atoms. The molecular weight excluding hydrogens is 385 g/mol. The molecule has 2 aliphatic rings. The first-order valence-electron chi connectivity index (χ1n) is 10.2. The summed E-state index contributed by atoms with van der Waals surface area (Å²) >= 11 is 0. The van der Waals surface area contributed by atoms with E-state index >= 15 is 0 Å². The zero-order chi connectivity index (χ0) is 21.4. The lowest BCUT2D eigenvalue weighted by Crippen LogP contribution is -2.37. The molecule has 7 nitrogen and oxygen atoms in total. The van der Waals surface area contributed by atoms with E-state index in [2.05, 4.69) is 11.7 Å². The van der Waals surface area contributed by atoms with E-state index in [0.29, 0.717) is 25.2 Å². The van der Waals surface area contributed by atoms with Gasteiger partial charge in [-0.2, -0.15) is 5.10 Å². The van der Waals surface area contributed by atoms with Gasteiger partial charge in [-0.3, -0.25) is 9.59 Å². The van der Waals surface area contributed by atoms with Crippen LogP contribution in [-0.2, 0) is 24.2 Å². The Morgan fingerprint density at radius 1 is 1.30 bits per heavy atom. The van der Waals surface area contributed by atoms with Crippen LogP contribution in [0.5, 0.6) is 0 Å². The molecule has 1 aromatic heterocycles. The summed E-state index contributed by atoms with van der Waals surface area (Å²) in [5.41, 5.74) is 14.8. The first-order valence-corrected chi connectivity index (χ1v) is 10.2. The fourth-order valence-electron chi connectivity index (χ4n) is 4.76. The van der Waals surface area contributed by atoms with E-state index in [1.165, 1.54) is 12.1 Å². The van der Waals surface area contributed by atoms with Crippen LogP contribution in [0.3, 0.4) is 0 Å². The molecule has 8 heteroatoms. The van der Waals surface area contributed by atoms with Gasteiger partial charge in [-0.1, -0.05) is 12.6 Å². The number of anilines is 1. The van der Waals surface area contributed by atoms with Gasteiger partial charge < -0.3 is 16.4 Å². The Morgan fingerprint density at radius 3 is 2.83 bits per heavy atom. The number of aromatic nitrogens is 2. The number of benzene rings is 1. The molecule has 4 rings (SSSR count). The molecule has 1 saturated heterocycles. The average molecular weight is 411 g/mol. The summed E-state index contributed by atoms with van der Waals surface area (Å²) < 4.78 is 15.3. The van der Waals surface area contributed by atoms with Crippen molar-refractivity contribution in [3.63, 3.8) is 0 Å². The summed E-state index contributed by atoms with van der Waals surface area (Å²) in [6, 6.07) is 4.77. The maximum absolute atomic E-state index is 13.7. The topological polar surface area (TPSA) is 107 Å². The summed E-state index contributed by atoms with van der Waals surface area (Å²) in [5, 5.41) is 4.67. The molecule has 2 atom stereocenters. The molecule has 0 radical (unpaired) electrons. The van der Waals surface area contributed by atoms with Crippen molar-refractivity contribution in [3.05, 3.63) is 59.1 Å². The summed E-state index contributed by atoms with van der Waals surface area (Å²) in [6.45, 7) is 4.62. The van der Waals surface area contributed by atoms with Gasteiger partial charge in [0, 0.05) is 12.5 Å². The van der Waals surface area contributed by atoms with Crippen LogP contribution < -0.4 is 11.5 Å². The third kappa shape index (κ3) is 3.58. The number of aryl methyl sites for hydroxylation is 1. The zero-order valence-electron chi connectivity index (χ0n) is 16.8. The molecule has 1 aliphatic carbocycles. The molecule has 2 amide bonds. The van der Waals surface area contributed by atoms with Crippen LogP contribution in [0.4, 0.5) is 10.2 Å². The van der Waals surface area contributed by atoms with E-state index in [1.807, 2.05) is 6.07 Å². The third-order valence-corrected chi connectivity index (χ3v) is 6.27. The number of primary amides is 1. The van der Waals surface area contributed by atoms with E-state index in [0.717, 1.165) is 36.8 Å². The first-order chi connectivity index (χ1) is 14.4. The average Bonchev–Trinajstić information content (AvgIpc) is 3.31. The minimum absolute atomic E-state index is 0.0625. The Hall–Kier alpha value is -3.16.